The van der Waals surface area contributed by atoms with Crippen molar-refractivity contribution >= 4 is 28.2 Å². The summed E-state index contributed by atoms with van der Waals surface area (Å²) in [5.41, 5.74) is 0.600. The van der Waals surface area contributed by atoms with Crippen LogP contribution in [0.25, 0.3) is 10.8 Å². The van der Waals surface area contributed by atoms with Gasteiger partial charge in [-0.05, 0) is 56.2 Å². The molecule has 0 spiro atoms. The van der Waals surface area contributed by atoms with Crippen LogP contribution in [0.3, 0.4) is 0 Å². The molecular formula is C28H24N2O5. The van der Waals surface area contributed by atoms with Crippen molar-refractivity contribution in [1.82, 2.24) is 5.16 Å². The average molecular weight is 469 g/mol. The van der Waals surface area contributed by atoms with Crippen LogP contribution in [0.1, 0.15) is 47.4 Å². The van der Waals surface area contributed by atoms with Crippen molar-refractivity contribution in [2.45, 2.75) is 38.4 Å². The third-order valence-electron chi connectivity index (χ3n) is 6.63. The molecule has 2 unspecified atom stereocenters. The van der Waals surface area contributed by atoms with Crippen molar-refractivity contribution in [3.8, 4) is 0 Å². The van der Waals surface area contributed by atoms with Crippen LogP contribution >= 0.6 is 0 Å². The second-order valence-corrected chi connectivity index (χ2v) is 9.11. The molecule has 1 aliphatic heterocycles. The lowest BCUT2D eigenvalue weighted by atomic mass is 9.71. The molecule has 2 heterocycles. The number of anilines is 1. The third-order valence-corrected chi connectivity index (χ3v) is 6.63. The molecule has 2 atom stereocenters. The number of carbonyl (C=O) groups is 2. The molecule has 1 saturated heterocycles. The van der Waals surface area contributed by atoms with Gasteiger partial charge >= 0.3 is 5.63 Å². The second-order valence-electron chi connectivity index (χ2n) is 9.11. The molecule has 1 fully saturated rings. The zero-order chi connectivity index (χ0) is 24.8. The summed E-state index contributed by atoms with van der Waals surface area (Å²) >= 11 is 0. The number of Topliss-reactive ketones (excluding diaryl/α,β-unsaturated/α-hetero) is 1. The van der Waals surface area contributed by atoms with Crippen molar-refractivity contribution in [3.05, 3.63) is 106 Å². The van der Waals surface area contributed by atoms with E-state index in [9.17, 15) is 14.4 Å². The second kappa shape index (κ2) is 8.29. The van der Waals surface area contributed by atoms with Crippen molar-refractivity contribution in [3.63, 3.8) is 0 Å². The Morgan fingerprint density at radius 2 is 1.66 bits per heavy atom. The maximum absolute atomic E-state index is 13.8. The molecule has 35 heavy (non-hydrogen) atoms. The van der Waals surface area contributed by atoms with Gasteiger partial charge in [-0.3, -0.25) is 9.59 Å². The molecule has 0 saturated carbocycles. The van der Waals surface area contributed by atoms with Gasteiger partial charge in [0.2, 0.25) is 0 Å². The van der Waals surface area contributed by atoms with E-state index in [1.165, 1.54) is 6.92 Å². The van der Waals surface area contributed by atoms with E-state index < -0.39 is 16.8 Å². The first kappa shape index (κ1) is 22.7. The molecule has 0 bridgehead atoms. The largest absolute Gasteiger partial charge is 0.366 e. The molecular weight excluding hydrogens is 444 g/mol. The van der Waals surface area contributed by atoms with Gasteiger partial charge in [-0.25, -0.2) is 4.79 Å². The smallest absolute Gasteiger partial charge is 0.349 e. The number of ketones is 1. The topological polar surface area (TPSA) is 98.5 Å². The number of rotatable bonds is 5. The van der Waals surface area contributed by atoms with Crippen LogP contribution in [0.5, 0.6) is 0 Å². The third kappa shape index (κ3) is 3.84. The molecule has 0 radical (unpaired) electrons. The van der Waals surface area contributed by atoms with E-state index in [-0.39, 0.29) is 11.7 Å². The van der Waals surface area contributed by atoms with Gasteiger partial charge in [-0.1, -0.05) is 53.7 Å². The molecule has 1 amide bonds. The van der Waals surface area contributed by atoms with Crippen molar-refractivity contribution in [2.24, 2.45) is 0 Å². The van der Waals surface area contributed by atoms with E-state index in [1.807, 2.05) is 37.3 Å². The number of fused-ring (bicyclic) bond motifs is 1. The Morgan fingerprint density at radius 3 is 2.37 bits per heavy atom. The summed E-state index contributed by atoms with van der Waals surface area (Å²) in [4.78, 5) is 37.8. The van der Waals surface area contributed by atoms with Crippen LogP contribution in [-0.2, 0) is 20.7 Å². The van der Waals surface area contributed by atoms with Crippen LogP contribution in [0.15, 0.2) is 82.1 Å². The molecule has 7 nitrogen and oxygen atoms in total. The summed E-state index contributed by atoms with van der Waals surface area (Å²) < 4.78 is 11.3. The summed E-state index contributed by atoms with van der Waals surface area (Å²) in [7, 11) is 0. The number of amides is 1. The van der Waals surface area contributed by atoms with Gasteiger partial charge < -0.3 is 14.6 Å². The van der Waals surface area contributed by atoms with E-state index in [1.54, 1.807) is 49.4 Å². The van der Waals surface area contributed by atoms with Gasteiger partial charge in [0.05, 0.1) is 16.7 Å². The minimum atomic E-state index is -1.30. The SMILES string of the molecule is CC(=O)c1cccc(C2(C(=O)Nc3ccc4c(=O)onc(C)c4c3)CC(C)(c3ccccc3)O2)c1. The van der Waals surface area contributed by atoms with Crippen LogP contribution in [0.4, 0.5) is 5.69 Å². The van der Waals surface area contributed by atoms with Gasteiger partial charge in [-0.15, -0.1) is 0 Å². The maximum atomic E-state index is 13.8. The highest BCUT2D eigenvalue weighted by molar-refractivity contribution is 6.01. The number of nitrogens with zero attached hydrogens (tertiary/aromatic N) is 1. The number of carbonyl (C=O) groups excluding carboxylic acids is 2. The zero-order valence-electron chi connectivity index (χ0n) is 19.6. The van der Waals surface area contributed by atoms with Crippen LogP contribution < -0.4 is 10.9 Å². The van der Waals surface area contributed by atoms with E-state index in [4.69, 9.17) is 9.26 Å². The quantitative estimate of drug-likeness (QED) is 0.420. The lowest BCUT2D eigenvalue weighted by Gasteiger charge is -2.54. The number of benzene rings is 3. The van der Waals surface area contributed by atoms with Crippen molar-refractivity contribution in [1.29, 1.82) is 0 Å². The summed E-state index contributed by atoms with van der Waals surface area (Å²) in [5, 5.41) is 7.70. The number of hydrogen-bond acceptors (Lipinski definition) is 6. The number of hydrogen-bond donors (Lipinski definition) is 1. The highest BCUT2D eigenvalue weighted by atomic mass is 16.6. The first-order chi connectivity index (χ1) is 16.7. The minimum absolute atomic E-state index is 0.0936. The number of aromatic nitrogens is 1. The van der Waals surface area contributed by atoms with Gasteiger partial charge in [0.15, 0.2) is 11.4 Å². The van der Waals surface area contributed by atoms with Gasteiger partial charge in [0, 0.05) is 23.1 Å². The maximum Gasteiger partial charge on any atom is 0.366 e. The molecule has 0 aliphatic carbocycles. The Kier molecular flexibility index (Phi) is 5.37. The van der Waals surface area contributed by atoms with Crippen LogP contribution in [0, 0.1) is 6.92 Å². The summed E-state index contributed by atoms with van der Waals surface area (Å²) in [5.74, 6) is -0.455. The predicted octanol–water partition coefficient (Wildman–Crippen LogP) is 4.87. The fourth-order valence-corrected chi connectivity index (χ4v) is 4.75. The minimum Gasteiger partial charge on any atom is -0.349 e. The Hall–Kier alpha value is -4.10. The number of nitrogens with one attached hydrogen (secondary N) is 1. The lowest BCUT2D eigenvalue weighted by Crippen LogP contribution is -2.60. The fraction of sp³-hybridized carbons (Fsp3) is 0.214. The van der Waals surface area contributed by atoms with E-state index in [2.05, 4.69) is 10.5 Å². The first-order valence-corrected chi connectivity index (χ1v) is 11.3. The highest BCUT2D eigenvalue weighted by Gasteiger charge is 2.60. The molecule has 1 aliphatic rings. The molecule has 176 valence electrons. The Balaban J connectivity index is 1.54. The van der Waals surface area contributed by atoms with Crippen LogP contribution in [0.2, 0.25) is 0 Å². The van der Waals surface area contributed by atoms with Crippen molar-refractivity contribution < 1.29 is 18.8 Å². The molecule has 1 aromatic heterocycles. The zero-order valence-corrected chi connectivity index (χ0v) is 19.6. The summed E-state index contributed by atoms with van der Waals surface area (Å²) in [6.45, 7) is 5.17. The molecule has 4 aromatic rings. The standard InChI is InChI=1S/C28H24N2O5/c1-17-24-15-22(12-13-23(24)25(32)34-30-17)29-26(33)28(21-11-7-8-19(14-21)18(2)31)16-27(3,35-28)20-9-5-4-6-10-20/h4-15H,16H2,1-3H3,(H,29,33). The molecule has 3 aromatic carbocycles. The Morgan fingerprint density at radius 1 is 0.943 bits per heavy atom. The molecule has 1 N–H and O–H groups in total. The van der Waals surface area contributed by atoms with Gasteiger partial charge in [-0.2, -0.15) is 0 Å². The summed E-state index contributed by atoms with van der Waals surface area (Å²) in [6.07, 6.45) is 0.384. The number of ether oxygens (including phenoxy) is 1. The Bertz CT molecular complexity index is 1520. The number of aryl methyl sites for hydroxylation is 1. The first-order valence-electron chi connectivity index (χ1n) is 11.3. The van der Waals surface area contributed by atoms with Crippen LogP contribution in [-0.4, -0.2) is 16.8 Å². The highest BCUT2D eigenvalue weighted by Crippen LogP contribution is 2.54. The Labute approximate surface area is 201 Å². The predicted molar refractivity (Wildman–Crippen MR) is 131 cm³/mol. The molecule has 7 heteroatoms. The average Bonchev–Trinajstić information content (AvgIpc) is 2.85. The van der Waals surface area contributed by atoms with Gasteiger partial charge in [0.1, 0.15) is 0 Å². The lowest BCUT2D eigenvalue weighted by molar-refractivity contribution is -0.265. The van der Waals surface area contributed by atoms with Crippen molar-refractivity contribution in [2.75, 3.05) is 5.32 Å². The molecule has 5 rings (SSSR count). The van der Waals surface area contributed by atoms with Gasteiger partial charge in [0.25, 0.3) is 5.91 Å². The summed E-state index contributed by atoms with van der Waals surface area (Å²) in [6, 6.07) is 21.7. The fourth-order valence-electron chi connectivity index (χ4n) is 4.75. The monoisotopic (exact) mass is 468 g/mol. The van der Waals surface area contributed by atoms with E-state index in [0.29, 0.717) is 39.7 Å². The van der Waals surface area contributed by atoms with E-state index >= 15 is 0 Å². The normalized spacial score (nSPS) is 21.3. The van der Waals surface area contributed by atoms with E-state index in [0.717, 1.165) is 5.56 Å².